The molecule has 14 heavy (non-hydrogen) atoms. The van der Waals surface area contributed by atoms with Crippen LogP contribution in [0, 0.1) is 5.82 Å². The average Bonchev–Trinajstić information content (AvgIpc) is 2.69. The highest BCUT2D eigenvalue weighted by molar-refractivity contribution is 5.36. The van der Waals surface area contributed by atoms with Gasteiger partial charge in [0.1, 0.15) is 5.82 Å². The Labute approximate surface area is 80.5 Å². The molecule has 1 heterocycles. The van der Waals surface area contributed by atoms with Gasteiger partial charge >= 0.3 is 0 Å². The number of halogens is 1. The highest BCUT2D eigenvalue weighted by atomic mass is 19.1. The summed E-state index contributed by atoms with van der Waals surface area (Å²) in [5.74, 6) is -0.361. The molecule has 0 bridgehead atoms. The Kier molecular flexibility index (Phi) is 2.28. The van der Waals surface area contributed by atoms with Crippen molar-refractivity contribution in [3.8, 4) is 5.69 Å². The number of aromatic nitrogens is 2. The molecule has 0 atom stereocenters. The Bertz CT molecular complexity index is 426. The average molecular weight is 192 g/mol. The van der Waals surface area contributed by atoms with Crippen molar-refractivity contribution in [1.82, 2.24) is 9.55 Å². The van der Waals surface area contributed by atoms with Gasteiger partial charge in [-0.3, -0.25) is 0 Å². The van der Waals surface area contributed by atoms with E-state index in [1.807, 2.05) is 0 Å². The van der Waals surface area contributed by atoms with E-state index in [-0.39, 0.29) is 12.4 Å². The minimum Gasteiger partial charge on any atom is -0.392 e. The molecule has 4 heteroatoms. The van der Waals surface area contributed by atoms with Gasteiger partial charge in [-0.1, -0.05) is 0 Å². The number of hydrogen-bond acceptors (Lipinski definition) is 2. The van der Waals surface area contributed by atoms with Crippen LogP contribution in [-0.2, 0) is 6.61 Å². The second-order valence-electron chi connectivity index (χ2n) is 2.95. The molecule has 1 aromatic heterocycles. The van der Waals surface area contributed by atoms with E-state index in [1.54, 1.807) is 29.4 Å². The van der Waals surface area contributed by atoms with Gasteiger partial charge in [0.25, 0.3) is 0 Å². The fourth-order valence-corrected chi connectivity index (χ4v) is 1.29. The molecule has 72 valence electrons. The maximum absolute atomic E-state index is 13.1. The molecular formula is C10H9FN2O. The van der Waals surface area contributed by atoms with Crippen LogP contribution in [0.4, 0.5) is 4.39 Å². The molecule has 0 radical (unpaired) electrons. The van der Waals surface area contributed by atoms with Gasteiger partial charge in [0, 0.05) is 18.1 Å². The van der Waals surface area contributed by atoms with E-state index in [0.29, 0.717) is 11.3 Å². The molecule has 0 fully saturated rings. The summed E-state index contributed by atoms with van der Waals surface area (Å²) < 4.78 is 14.7. The number of aliphatic hydroxyl groups excluding tert-OH is 1. The van der Waals surface area contributed by atoms with Gasteiger partial charge in [-0.05, 0) is 23.8 Å². The van der Waals surface area contributed by atoms with E-state index in [9.17, 15) is 4.39 Å². The standard InChI is InChI=1S/C10H9FN2O/c11-9-3-8(6-14)4-10(5-9)13-2-1-12-7-13/h1-5,7,14H,6H2. The van der Waals surface area contributed by atoms with Crippen molar-refractivity contribution >= 4 is 0 Å². The summed E-state index contributed by atoms with van der Waals surface area (Å²) in [5, 5.41) is 8.89. The molecule has 0 aliphatic heterocycles. The van der Waals surface area contributed by atoms with Crippen molar-refractivity contribution in [2.75, 3.05) is 0 Å². The van der Waals surface area contributed by atoms with Crippen LogP contribution in [0.2, 0.25) is 0 Å². The van der Waals surface area contributed by atoms with Crippen LogP contribution in [0.5, 0.6) is 0 Å². The van der Waals surface area contributed by atoms with Crippen LogP contribution >= 0.6 is 0 Å². The van der Waals surface area contributed by atoms with Crippen molar-refractivity contribution in [1.29, 1.82) is 0 Å². The lowest BCUT2D eigenvalue weighted by Crippen LogP contribution is -1.94. The van der Waals surface area contributed by atoms with Gasteiger partial charge in [-0.15, -0.1) is 0 Å². The van der Waals surface area contributed by atoms with Crippen molar-refractivity contribution in [2.24, 2.45) is 0 Å². The summed E-state index contributed by atoms with van der Waals surface area (Å²) >= 11 is 0. The van der Waals surface area contributed by atoms with Gasteiger partial charge in [-0.2, -0.15) is 0 Å². The van der Waals surface area contributed by atoms with Crippen LogP contribution in [-0.4, -0.2) is 14.7 Å². The SMILES string of the molecule is OCc1cc(F)cc(-n2ccnc2)c1. The molecule has 0 aliphatic carbocycles. The third kappa shape index (κ3) is 1.65. The van der Waals surface area contributed by atoms with Crippen LogP contribution in [0.1, 0.15) is 5.56 Å². The van der Waals surface area contributed by atoms with E-state index in [1.165, 1.54) is 12.1 Å². The number of nitrogens with zero attached hydrogens (tertiary/aromatic N) is 2. The summed E-state index contributed by atoms with van der Waals surface area (Å²) in [6.45, 7) is -0.167. The Morgan fingerprint density at radius 2 is 2.21 bits per heavy atom. The molecular weight excluding hydrogens is 183 g/mol. The summed E-state index contributed by atoms with van der Waals surface area (Å²) in [6, 6.07) is 4.41. The third-order valence-electron chi connectivity index (χ3n) is 1.93. The van der Waals surface area contributed by atoms with Crippen molar-refractivity contribution in [2.45, 2.75) is 6.61 Å². The minimum absolute atomic E-state index is 0.167. The molecule has 2 rings (SSSR count). The number of rotatable bonds is 2. The van der Waals surface area contributed by atoms with Crippen molar-refractivity contribution < 1.29 is 9.50 Å². The summed E-state index contributed by atoms with van der Waals surface area (Å²) in [6.07, 6.45) is 4.91. The lowest BCUT2D eigenvalue weighted by molar-refractivity contribution is 0.281. The third-order valence-corrected chi connectivity index (χ3v) is 1.93. The van der Waals surface area contributed by atoms with E-state index in [4.69, 9.17) is 5.11 Å². The van der Waals surface area contributed by atoms with Gasteiger partial charge in [0.15, 0.2) is 0 Å². The first kappa shape index (κ1) is 8.90. The van der Waals surface area contributed by atoms with Gasteiger partial charge in [-0.25, -0.2) is 9.37 Å². The Balaban J connectivity index is 2.48. The fourth-order valence-electron chi connectivity index (χ4n) is 1.29. The minimum atomic E-state index is -0.361. The molecule has 0 unspecified atom stereocenters. The Morgan fingerprint density at radius 3 is 2.86 bits per heavy atom. The maximum atomic E-state index is 13.1. The molecule has 3 nitrogen and oxygen atoms in total. The fraction of sp³-hybridized carbons (Fsp3) is 0.100. The van der Waals surface area contributed by atoms with Gasteiger partial charge < -0.3 is 9.67 Å². The molecule has 0 saturated heterocycles. The maximum Gasteiger partial charge on any atom is 0.125 e. The van der Waals surface area contributed by atoms with E-state index in [2.05, 4.69) is 4.98 Å². The van der Waals surface area contributed by atoms with Crippen LogP contribution in [0.25, 0.3) is 5.69 Å². The second kappa shape index (κ2) is 3.59. The lowest BCUT2D eigenvalue weighted by Gasteiger charge is -2.04. The lowest BCUT2D eigenvalue weighted by atomic mass is 10.2. The highest BCUT2D eigenvalue weighted by Crippen LogP contribution is 2.13. The van der Waals surface area contributed by atoms with E-state index < -0.39 is 0 Å². The molecule has 1 N–H and O–H groups in total. The molecule has 0 aliphatic rings. The normalized spacial score (nSPS) is 10.4. The number of imidazole rings is 1. The quantitative estimate of drug-likeness (QED) is 0.783. The number of aliphatic hydroxyl groups is 1. The van der Waals surface area contributed by atoms with Crippen molar-refractivity contribution in [3.05, 3.63) is 48.3 Å². The van der Waals surface area contributed by atoms with Crippen LogP contribution < -0.4 is 0 Å². The Morgan fingerprint density at radius 1 is 1.36 bits per heavy atom. The zero-order chi connectivity index (χ0) is 9.97. The smallest absolute Gasteiger partial charge is 0.125 e. The summed E-state index contributed by atoms with van der Waals surface area (Å²) in [7, 11) is 0. The zero-order valence-corrected chi connectivity index (χ0v) is 7.39. The zero-order valence-electron chi connectivity index (χ0n) is 7.39. The molecule has 0 saturated carbocycles. The Hall–Kier alpha value is -1.68. The first-order chi connectivity index (χ1) is 6.79. The summed E-state index contributed by atoms with van der Waals surface area (Å²) in [5.41, 5.74) is 1.21. The molecule has 1 aromatic carbocycles. The second-order valence-corrected chi connectivity index (χ2v) is 2.95. The highest BCUT2D eigenvalue weighted by Gasteiger charge is 2.01. The molecule has 2 aromatic rings. The monoisotopic (exact) mass is 192 g/mol. The molecule has 0 spiro atoms. The predicted molar refractivity (Wildman–Crippen MR) is 49.4 cm³/mol. The van der Waals surface area contributed by atoms with E-state index >= 15 is 0 Å². The summed E-state index contributed by atoms with van der Waals surface area (Å²) in [4.78, 5) is 3.86. The number of hydrogen-bond donors (Lipinski definition) is 1. The van der Waals surface area contributed by atoms with Gasteiger partial charge in [0.05, 0.1) is 12.9 Å². The first-order valence-corrected chi connectivity index (χ1v) is 4.18. The van der Waals surface area contributed by atoms with Crippen LogP contribution in [0.15, 0.2) is 36.9 Å². The molecule has 0 amide bonds. The van der Waals surface area contributed by atoms with E-state index in [0.717, 1.165) is 0 Å². The first-order valence-electron chi connectivity index (χ1n) is 4.18. The predicted octanol–water partition coefficient (Wildman–Crippen LogP) is 1.50. The van der Waals surface area contributed by atoms with Crippen LogP contribution in [0.3, 0.4) is 0 Å². The van der Waals surface area contributed by atoms with Crippen molar-refractivity contribution in [3.63, 3.8) is 0 Å². The largest absolute Gasteiger partial charge is 0.392 e. The topological polar surface area (TPSA) is 38.0 Å². The number of benzene rings is 1. The van der Waals surface area contributed by atoms with Gasteiger partial charge in [0.2, 0.25) is 0 Å².